The number of para-hydroxylation sites is 1. The number of anilines is 1. The van der Waals surface area contributed by atoms with Crippen LogP contribution in [0.15, 0.2) is 48.7 Å². The van der Waals surface area contributed by atoms with E-state index in [1.54, 1.807) is 10.9 Å². The third-order valence-corrected chi connectivity index (χ3v) is 5.57. The van der Waals surface area contributed by atoms with Crippen molar-refractivity contribution in [1.82, 2.24) is 14.8 Å². The molecule has 2 heterocycles. The van der Waals surface area contributed by atoms with Crippen molar-refractivity contribution in [2.45, 2.75) is 13.8 Å². The summed E-state index contributed by atoms with van der Waals surface area (Å²) in [6.07, 6.45) is 1.58. The lowest BCUT2D eigenvalue weighted by Crippen LogP contribution is -2.13. The lowest BCUT2D eigenvalue weighted by atomic mass is 10.2. The van der Waals surface area contributed by atoms with Gasteiger partial charge >= 0.3 is 0 Å². The third kappa shape index (κ3) is 2.87. The van der Waals surface area contributed by atoms with Gasteiger partial charge in [0.1, 0.15) is 0 Å². The fourth-order valence-corrected chi connectivity index (χ4v) is 3.85. The molecule has 7 heteroatoms. The standard InChI is InChI=1S/C19H15ClN4OS/c1-11-15(20)8-9-16-17(11)22-19(26-16)23-18(25)14-10-21-24(12(14)2)13-6-4-3-5-7-13/h3-10H,1-2H3,(H,22,23,25). The van der Waals surface area contributed by atoms with Crippen molar-refractivity contribution < 1.29 is 4.79 Å². The summed E-state index contributed by atoms with van der Waals surface area (Å²) < 4.78 is 2.73. The minimum Gasteiger partial charge on any atom is -0.298 e. The number of fused-ring (bicyclic) bond motifs is 1. The van der Waals surface area contributed by atoms with Crippen LogP contribution in [-0.2, 0) is 0 Å². The lowest BCUT2D eigenvalue weighted by Gasteiger charge is -2.05. The minimum absolute atomic E-state index is 0.229. The monoisotopic (exact) mass is 382 g/mol. The molecule has 0 aliphatic heterocycles. The molecule has 0 aliphatic rings. The van der Waals surface area contributed by atoms with Crippen LogP contribution >= 0.6 is 22.9 Å². The highest BCUT2D eigenvalue weighted by Gasteiger charge is 2.17. The van der Waals surface area contributed by atoms with Gasteiger partial charge < -0.3 is 0 Å². The summed E-state index contributed by atoms with van der Waals surface area (Å²) in [4.78, 5) is 17.2. The highest BCUT2D eigenvalue weighted by atomic mass is 35.5. The Labute approximate surface area is 159 Å². The second kappa shape index (κ2) is 6.55. The molecule has 5 nitrogen and oxygen atoms in total. The number of carbonyl (C=O) groups is 1. The van der Waals surface area contributed by atoms with Gasteiger partial charge in [-0.25, -0.2) is 9.67 Å². The Morgan fingerprint density at radius 2 is 1.92 bits per heavy atom. The van der Waals surface area contributed by atoms with E-state index < -0.39 is 0 Å². The molecule has 4 rings (SSSR count). The van der Waals surface area contributed by atoms with Gasteiger partial charge in [-0.3, -0.25) is 10.1 Å². The summed E-state index contributed by atoms with van der Waals surface area (Å²) in [6.45, 7) is 3.79. The predicted octanol–water partition coefficient (Wildman–Crippen LogP) is 5.00. The number of carbonyl (C=O) groups excluding carboxylic acids is 1. The second-order valence-corrected chi connectivity index (χ2v) is 7.32. The maximum absolute atomic E-state index is 12.7. The van der Waals surface area contributed by atoms with Gasteiger partial charge in [-0.05, 0) is 43.7 Å². The Balaban J connectivity index is 1.63. The number of nitrogens with zero attached hydrogens (tertiary/aromatic N) is 3. The molecule has 0 atom stereocenters. The summed E-state index contributed by atoms with van der Waals surface area (Å²) in [5.41, 5.74) is 3.93. The van der Waals surface area contributed by atoms with E-state index in [0.717, 1.165) is 27.2 Å². The number of nitrogens with one attached hydrogen (secondary N) is 1. The number of hydrogen-bond donors (Lipinski definition) is 1. The fraction of sp³-hybridized carbons (Fsp3) is 0.105. The topological polar surface area (TPSA) is 59.8 Å². The van der Waals surface area contributed by atoms with Crippen LogP contribution in [0.5, 0.6) is 0 Å². The summed E-state index contributed by atoms with van der Waals surface area (Å²) in [7, 11) is 0. The predicted molar refractivity (Wildman–Crippen MR) is 106 cm³/mol. The third-order valence-electron chi connectivity index (χ3n) is 4.22. The summed E-state index contributed by atoms with van der Waals surface area (Å²) in [5.74, 6) is -0.229. The van der Waals surface area contributed by atoms with E-state index >= 15 is 0 Å². The zero-order valence-electron chi connectivity index (χ0n) is 14.2. The van der Waals surface area contributed by atoms with E-state index in [1.165, 1.54) is 11.3 Å². The van der Waals surface area contributed by atoms with Gasteiger partial charge in [0.15, 0.2) is 5.13 Å². The highest BCUT2D eigenvalue weighted by molar-refractivity contribution is 7.22. The Morgan fingerprint density at radius 1 is 1.15 bits per heavy atom. The molecule has 0 unspecified atom stereocenters. The Hall–Kier alpha value is -2.70. The van der Waals surface area contributed by atoms with Crippen LogP contribution in [0.1, 0.15) is 21.6 Å². The highest BCUT2D eigenvalue weighted by Crippen LogP contribution is 2.32. The van der Waals surface area contributed by atoms with E-state index in [9.17, 15) is 4.79 Å². The number of rotatable bonds is 3. The number of aryl methyl sites for hydroxylation is 1. The van der Waals surface area contributed by atoms with Crippen molar-refractivity contribution in [3.63, 3.8) is 0 Å². The average molecular weight is 383 g/mol. The van der Waals surface area contributed by atoms with Crippen molar-refractivity contribution in [3.05, 3.63) is 70.5 Å². The Bertz CT molecular complexity index is 1120. The maximum Gasteiger partial charge on any atom is 0.260 e. The molecule has 4 aromatic rings. The van der Waals surface area contributed by atoms with Crippen LogP contribution in [0.2, 0.25) is 5.02 Å². The molecule has 0 aliphatic carbocycles. The number of amides is 1. The SMILES string of the molecule is Cc1c(Cl)ccc2sc(NC(=O)c3cnn(-c4ccccc4)c3C)nc12. The largest absolute Gasteiger partial charge is 0.298 e. The molecule has 0 spiro atoms. The van der Waals surface area contributed by atoms with Crippen LogP contribution in [-0.4, -0.2) is 20.7 Å². The molecule has 0 radical (unpaired) electrons. The number of halogens is 1. The fourth-order valence-electron chi connectivity index (χ4n) is 2.78. The van der Waals surface area contributed by atoms with Gasteiger partial charge in [0.05, 0.1) is 33.4 Å². The van der Waals surface area contributed by atoms with Crippen molar-refractivity contribution in [3.8, 4) is 5.69 Å². The van der Waals surface area contributed by atoms with Crippen molar-refractivity contribution in [1.29, 1.82) is 0 Å². The van der Waals surface area contributed by atoms with Crippen LogP contribution in [0, 0.1) is 13.8 Å². The maximum atomic E-state index is 12.7. The Morgan fingerprint density at radius 3 is 2.69 bits per heavy atom. The summed E-state index contributed by atoms with van der Waals surface area (Å²) in [5, 5.41) is 8.42. The molecule has 2 aromatic carbocycles. The normalized spacial score (nSPS) is 11.0. The second-order valence-electron chi connectivity index (χ2n) is 5.88. The number of aromatic nitrogens is 3. The molecule has 26 heavy (non-hydrogen) atoms. The van der Waals surface area contributed by atoms with E-state index in [4.69, 9.17) is 11.6 Å². The first-order valence-electron chi connectivity index (χ1n) is 8.01. The first-order valence-corrected chi connectivity index (χ1v) is 9.21. The van der Waals surface area contributed by atoms with Crippen LogP contribution < -0.4 is 5.32 Å². The van der Waals surface area contributed by atoms with Crippen LogP contribution in [0.4, 0.5) is 5.13 Å². The summed E-state index contributed by atoms with van der Waals surface area (Å²) >= 11 is 7.57. The van der Waals surface area contributed by atoms with Gasteiger partial charge in [0.2, 0.25) is 0 Å². The smallest absolute Gasteiger partial charge is 0.260 e. The van der Waals surface area contributed by atoms with Crippen LogP contribution in [0.25, 0.3) is 15.9 Å². The summed E-state index contributed by atoms with van der Waals surface area (Å²) in [6, 6.07) is 13.5. The molecule has 1 N–H and O–H groups in total. The molecule has 0 bridgehead atoms. The first-order chi connectivity index (χ1) is 12.5. The molecule has 0 saturated carbocycles. The van der Waals surface area contributed by atoms with Crippen molar-refractivity contribution >= 4 is 44.2 Å². The van der Waals surface area contributed by atoms with Crippen molar-refractivity contribution in [2.75, 3.05) is 5.32 Å². The lowest BCUT2D eigenvalue weighted by molar-refractivity contribution is 0.102. The van der Waals surface area contributed by atoms with E-state index in [2.05, 4.69) is 15.4 Å². The molecule has 1 amide bonds. The molecule has 0 saturated heterocycles. The van der Waals surface area contributed by atoms with Gasteiger partial charge in [-0.1, -0.05) is 41.1 Å². The minimum atomic E-state index is -0.229. The molecule has 130 valence electrons. The van der Waals surface area contributed by atoms with Crippen molar-refractivity contribution in [2.24, 2.45) is 0 Å². The average Bonchev–Trinajstić information content (AvgIpc) is 3.22. The van der Waals surface area contributed by atoms with Gasteiger partial charge in [-0.15, -0.1) is 0 Å². The van der Waals surface area contributed by atoms with E-state index in [-0.39, 0.29) is 5.91 Å². The van der Waals surface area contributed by atoms with Gasteiger partial charge in [-0.2, -0.15) is 5.10 Å². The molecular weight excluding hydrogens is 368 g/mol. The molecule has 2 aromatic heterocycles. The van der Waals surface area contributed by atoms with E-state index in [0.29, 0.717) is 15.7 Å². The van der Waals surface area contributed by atoms with E-state index in [1.807, 2.05) is 56.3 Å². The zero-order chi connectivity index (χ0) is 18.3. The molecule has 0 fully saturated rings. The quantitative estimate of drug-likeness (QED) is 0.542. The molecular formula is C19H15ClN4OS. The van der Waals surface area contributed by atoms with Crippen LogP contribution in [0.3, 0.4) is 0 Å². The number of hydrogen-bond acceptors (Lipinski definition) is 4. The number of thiazole rings is 1. The number of benzene rings is 2. The van der Waals surface area contributed by atoms with Gasteiger partial charge in [0, 0.05) is 5.02 Å². The first kappa shape index (κ1) is 16.8. The Kier molecular flexibility index (Phi) is 4.22. The zero-order valence-corrected chi connectivity index (χ0v) is 15.7. The van der Waals surface area contributed by atoms with Gasteiger partial charge in [0.25, 0.3) is 5.91 Å².